The number of amides is 4. The fraction of sp³-hybridized carbons (Fsp3) is 0.521. The highest BCUT2D eigenvalue weighted by molar-refractivity contribution is 6.01. The summed E-state index contributed by atoms with van der Waals surface area (Å²) in [5.74, 6) is -1.19. The Morgan fingerprint density at radius 2 is 1.20 bits per heavy atom. The summed E-state index contributed by atoms with van der Waals surface area (Å²) >= 11 is 0. The maximum absolute atomic E-state index is 14.5. The average molecular weight is 839 g/mol. The number of carbonyl (C=O) groups excluding carboxylic acids is 4. The van der Waals surface area contributed by atoms with Crippen LogP contribution in [-0.4, -0.2) is 103 Å². The molecular weight excluding hydrogens is 773 g/mol. The summed E-state index contributed by atoms with van der Waals surface area (Å²) < 4.78 is 11.3. The molecule has 330 valence electrons. The van der Waals surface area contributed by atoms with Crippen molar-refractivity contribution in [3.63, 3.8) is 0 Å². The number of rotatable bonds is 24. The maximum Gasteiger partial charge on any atom is 0.243 e. The van der Waals surface area contributed by atoms with Crippen molar-refractivity contribution in [2.45, 2.75) is 110 Å². The van der Waals surface area contributed by atoms with Crippen LogP contribution in [0, 0.1) is 11.8 Å². The second-order valence-electron chi connectivity index (χ2n) is 17.3. The van der Waals surface area contributed by atoms with E-state index in [1.807, 2.05) is 103 Å². The van der Waals surface area contributed by atoms with Gasteiger partial charge in [0.15, 0.2) is 0 Å². The number of aryl methyl sites for hydroxylation is 1. The van der Waals surface area contributed by atoms with Gasteiger partial charge < -0.3 is 35.6 Å². The molecule has 2 aliphatic rings. The lowest BCUT2D eigenvalue weighted by molar-refractivity contribution is -0.134. The molecule has 0 spiro atoms. The Kier molecular flexibility index (Phi) is 18.3. The molecule has 5 rings (SSSR count). The van der Waals surface area contributed by atoms with Crippen molar-refractivity contribution in [1.82, 2.24) is 26.2 Å². The lowest BCUT2D eigenvalue weighted by atomic mass is 9.92. The number of carbonyl (C=O) groups is 4. The fourth-order valence-electron chi connectivity index (χ4n) is 7.32. The Bertz CT molecular complexity index is 1850. The lowest BCUT2D eigenvalue weighted by Crippen LogP contribution is -2.59. The molecule has 0 saturated carbocycles. The lowest BCUT2D eigenvalue weighted by Gasteiger charge is -2.29. The van der Waals surface area contributed by atoms with Gasteiger partial charge in [-0.05, 0) is 67.6 Å². The van der Waals surface area contributed by atoms with E-state index in [4.69, 9.17) is 14.3 Å². The Labute approximate surface area is 361 Å². The maximum atomic E-state index is 14.5. The summed E-state index contributed by atoms with van der Waals surface area (Å²) in [6, 6.07) is 25.6. The van der Waals surface area contributed by atoms with Crippen LogP contribution in [0.5, 0.6) is 0 Å². The number of hydrogen-bond donors (Lipinski definition) is 4. The van der Waals surface area contributed by atoms with Gasteiger partial charge in [0.05, 0.1) is 32.4 Å². The molecule has 2 saturated heterocycles. The highest BCUT2D eigenvalue weighted by atomic mass is 16.6. The summed E-state index contributed by atoms with van der Waals surface area (Å²) in [7, 11) is 0. The predicted octanol–water partition coefficient (Wildman–Crippen LogP) is 4.98. The van der Waals surface area contributed by atoms with E-state index in [0.29, 0.717) is 70.7 Å². The van der Waals surface area contributed by atoms with Crippen LogP contribution in [0.25, 0.3) is 0 Å². The fourth-order valence-corrected chi connectivity index (χ4v) is 7.32. The molecule has 3 aromatic rings. The first-order valence-electron chi connectivity index (χ1n) is 21.8. The van der Waals surface area contributed by atoms with Gasteiger partial charge in [0.25, 0.3) is 0 Å². The first-order chi connectivity index (χ1) is 29.4. The van der Waals surface area contributed by atoms with Gasteiger partial charge in [-0.1, -0.05) is 124 Å². The van der Waals surface area contributed by atoms with Crippen molar-refractivity contribution >= 4 is 29.3 Å². The topological polar surface area (TPSA) is 163 Å². The predicted molar refractivity (Wildman–Crippen MR) is 236 cm³/mol. The van der Waals surface area contributed by atoms with Gasteiger partial charge in [0.2, 0.25) is 23.6 Å². The minimum atomic E-state index is -0.996. The van der Waals surface area contributed by atoms with Crippen molar-refractivity contribution < 1.29 is 33.5 Å². The first-order valence-corrected chi connectivity index (χ1v) is 21.8. The number of epoxide rings is 1. The van der Waals surface area contributed by atoms with Gasteiger partial charge in [-0.15, -0.1) is 0 Å². The largest absolute Gasteiger partial charge is 0.391 e. The van der Waals surface area contributed by atoms with Crippen molar-refractivity contribution in [2.24, 2.45) is 17.0 Å². The Balaban J connectivity index is 1.35. The van der Waals surface area contributed by atoms with E-state index in [1.165, 1.54) is 0 Å². The smallest absolute Gasteiger partial charge is 0.243 e. The van der Waals surface area contributed by atoms with Gasteiger partial charge in [-0.2, -0.15) is 0 Å². The van der Waals surface area contributed by atoms with Gasteiger partial charge in [0.1, 0.15) is 36.0 Å². The Morgan fingerprint density at radius 3 is 1.77 bits per heavy atom. The molecule has 3 aromatic carbocycles. The number of morpholine rings is 1. The molecule has 1 unspecified atom stereocenters. The van der Waals surface area contributed by atoms with Crippen LogP contribution < -0.4 is 21.3 Å². The van der Waals surface area contributed by atoms with Crippen LogP contribution in [0.3, 0.4) is 0 Å². The molecule has 0 radical (unpaired) electrons. The zero-order valence-electron chi connectivity index (χ0n) is 36.6. The molecular formula is C48H66N6O7. The minimum absolute atomic E-state index is 0.140. The summed E-state index contributed by atoms with van der Waals surface area (Å²) in [6.07, 6.45) is 2.62. The minimum Gasteiger partial charge on any atom is -0.391 e. The molecule has 4 N–H and O–H groups in total. The van der Waals surface area contributed by atoms with Gasteiger partial charge in [0, 0.05) is 19.5 Å². The van der Waals surface area contributed by atoms with Crippen LogP contribution >= 0.6 is 0 Å². The van der Waals surface area contributed by atoms with E-state index in [0.717, 1.165) is 16.7 Å². The molecule has 5 atom stereocenters. The van der Waals surface area contributed by atoms with E-state index >= 15 is 0 Å². The van der Waals surface area contributed by atoms with Crippen LogP contribution in [0.2, 0.25) is 0 Å². The van der Waals surface area contributed by atoms with E-state index in [9.17, 15) is 19.2 Å². The quantitative estimate of drug-likeness (QED) is 0.0559. The third-order valence-electron chi connectivity index (χ3n) is 11.0. The summed E-state index contributed by atoms with van der Waals surface area (Å²) in [5, 5.41) is 16.8. The van der Waals surface area contributed by atoms with Gasteiger partial charge in [-0.3, -0.25) is 24.1 Å². The van der Waals surface area contributed by atoms with Crippen LogP contribution in [0.15, 0.2) is 96.2 Å². The Hall–Kier alpha value is -5.11. The van der Waals surface area contributed by atoms with Crippen molar-refractivity contribution in [1.29, 1.82) is 0 Å². The summed E-state index contributed by atoms with van der Waals surface area (Å²) in [6.45, 7) is 13.4. The molecule has 13 heteroatoms. The van der Waals surface area contributed by atoms with Crippen molar-refractivity contribution in [2.75, 3.05) is 39.5 Å². The van der Waals surface area contributed by atoms with E-state index in [2.05, 4.69) is 54.1 Å². The highest BCUT2D eigenvalue weighted by Gasteiger charge is 2.49. The normalized spacial score (nSPS) is 18.7. The second kappa shape index (κ2) is 23.8. The number of benzene rings is 3. The van der Waals surface area contributed by atoms with Crippen LogP contribution in [0.1, 0.15) is 77.0 Å². The number of ether oxygens (including phenoxy) is 2. The third kappa shape index (κ3) is 16.0. The van der Waals surface area contributed by atoms with Crippen LogP contribution in [0.4, 0.5) is 0 Å². The third-order valence-corrected chi connectivity index (χ3v) is 11.0. The second-order valence-corrected chi connectivity index (χ2v) is 17.3. The molecule has 2 heterocycles. The van der Waals surface area contributed by atoms with Crippen molar-refractivity contribution in [3.05, 3.63) is 108 Å². The monoisotopic (exact) mass is 838 g/mol. The van der Waals surface area contributed by atoms with E-state index in [-0.39, 0.29) is 37.3 Å². The highest BCUT2D eigenvalue weighted by Crippen LogP contribution is 2.31. The zero-order valence-corrected chi connectivity index (χ0v) is 36.6. The summed E-state index contributed by atoms with van der Waals surface area (Å²) in [5.41, 5.74) is 2.71. The molecule has 13 nitrogen and oxygen atoms in total. The number of oxime groups is 1. The average Bonchev–Trinajstić information content (AvgIpc) is 4.00. The van der Waals surface area contributed by atoms with Gasteiger partial charge in [-0.25, -0.2) is 0 Å². The number of nitrogens with zero attached hydrogens (tertiary/aromatic N) is 2. The first kappa shape index (κ1) is 46.9. The van der Waals surface area contributed by atoms with Crippen LogP contribution in [-0.2, 0) is 52.9 Å². The van der Waals surface area contributed by atoms with E-state index < -0.39 is 47.5 Å². The van der Waals surface area contributed by atoms with E-state index in [1.54, 1.807) is 0 Å². The number of nitrogens with one attached hydrogen (secondary N) is 4. The molecule has 0 bridgehead atoms. The van der Waals surface area contributed by atoms with Crippen molar-refractivity contribution in [3.8, 4) is 0 Å². The zero-order chi connectivity index (χ0) is 43.6. The standard InChI is InChI=1S/C48H66N6O7/c1-34(2)21-23-40(50-45(56)39(24-22-36-15-9-6-10-16-36)49-43(55)31-54-25-27-59-28-26-54)46(57)52-42(30-37-17-11-7-12-18-37)47(58)51-41(29-35(3)4)44(48(5)33-60-48)53-61-32-38-19-13-8-14-20-38/h6-20,34-35,39-42H,21-33H2,1-5H3,(H,49,55)(H,50,56)(H,51,58)(H,52,57)/b53-44-/t39-,40-,41?,42-,48+/m0/s1. The molecule has 4 amide bonds. The molecule has 2 aliphatic heterocycles. The molecule has 0 aliphatic carbocycles. The van der Waals surface area contributed by atoms with Gasteiger partial charge >= 0.3 is 0 Å². The number of hydrogen-bond acceptors (Lipinski definition) is 9. The molecule has 61 heavy (non-hydrogen) atoms. The molecule has 0 aromatic heterocycles. The SMILES string of the molecule is CC(C)CC[C@H](NC(=O)[C@H](CCc1ccccc1)NC(=O)CN1CCOCC1)C(=O)N[C@@H](Cc1ccccc1)C(=O)NC(CC(C)C)/C(=N/OCc1ccccc1)[C@@]1(C)CO1. The molecule has 2 fully saturated rings. The Morgan fingerprint density at radius 1 is 0.672 bits per heavy atom. The summed E-state index contributed by atoms with van der Waals surface area (Å²) in [4.78, 5) is 64.4.